The summed E-state index contributed by atoms with van der Waals surface area (Å²) in [5.74, 6) is 2.48. The summed E-state index contributed by atoms with van der Waals surface area (Å²) in [6.07, 6.45) is 8.61. The molecule has 1 N–H and O–H groups in total. The number of fused-ring (bicyclic) bond motifs is 1. The fourth-order valence-electron chi connectivity index (χ4n) is 9.63. The highest BCUT2D eigenvalue weighted by atomic mass is 16.3. The molecule has 2 bridgehead atoms. The largest absolute Gasteiger partial charge is 0.508 e. The van der Waals surface area contributed by atoms with Crippen LogP contribution in [0.25, 0.3) is 0 Å². The molecule has 5 aliphatic rings. The maximum atomic E-state index is 13.6. The van der Waals surface area contributed by atoms with Crippen LogP contribution < -0.4 is 0 Å². The number of aromatic hydroxyl groups is 1. The fraction of sp³-hybridized carbons (Fsp3) is 0.581. The number of hydrogen-bond acceptors (Lipinski definition) is 3. The Morgan fingerprint density at radius 1 is 1.09 bits per heavy atom. The van der Waals surface area contributed by atoms with Crippen molar-refractivity contribution < 1.29 is 9.90 Å². The lowest BCUT2D eigenvalue weighted by Gasteiger charge is -2.65. The van der Waals surface area contributed by atoms with E-state index in [0.717, 1.165) is 30.9 Å². The standard InChI is InChI=1S/C31H38N2O2/c1-20-30-14-12-26(28(13-15-30)32(2)29(35)22-6-4-3-5-7-22)31(30)24(19-33(20)18-21-8-9-21)16-23-10-11-25(34)17-27(23)31/h3-7,10-11,17,20-21,24,26,28,34H,8-9,12-16,18-19H2,1-2H3. The second-order valence-electron chi connectivity index (χ2n) is 12.4. The number of hydrogen-bond donors (Lipinski definition) is 1. The molecular formula is C31H38N2O2. The first-order valence-corrected chi connectivity index (χ1v) is 13.8. The number of phenolic OH excluding ortho intramolecular Hbond substituents is 1. The van der Waals surface area contributed by atoms with Crippen LogP contribution in [0, 0.1) is 23.2 Å². The second-order valence-corrected chi connectivity index (χ2v) is 12.4. The van der Waals surface area contributed by atoms with Crippen molar-refractivity contribution in [3.63, 3.8) is 0 Å². The van der Waals surface area contributed by atoms with Gasteiger partial charge in [0.25, 0.3) is 5.91 Å². The van der Waals surface area contributed by atoms with E-state index in [9.17, 15) is 9.90 Å². The molecule has 7 rings (SSSR count). The van der Waals surface area contributed by atoms with Gasteiger partial charge in [0.1, 0.15) is 5.75 Å². The van der Waals surface area contributed by atoms with E-state index in [1.165, 1.54) is 49.8 Å². The number of benzene rings is 2. The molecule has 184 valence electrons. The minimum absolute atomic E-state index is 0.0642. The average Bonchev–Trinajstić information content (AvgIpc) is 3.60. The van der Waals surface area contributed by atoms with Gasteiger partial charge in [-0.1, -0.05) is 24.3 Å². The van der Waals surface area contributed by atoms with Gasteiger partial charge in [0, 0.05) is 43.2 Å². The molecule has 0 radical (unpaired) electrons. The van der Waals surface area contributed by atoms with Crippen LogP contribution in [-0.4, -0.2) is 53.0 Å². The Balaban J connectivity index is 1.33. The van der Waals surface area contributed by atoms with E-state index in [0.29, 0.717) is 23.6 Å². The van der Waals surface area contributed by atoms with Gasteiger partial charge in [0.2, 0.25) is 0 Å². The summed E-state index contributed by atoms with van der Waals surface area (Å²) in [5, 5.41) is 10.6. The van der Waals surface area contributed by atoms with Crippen LogP contribution in [0.15, 0.2) is 48.5 Å². The second kappa shape index (κ2) is 7.59. The maximum Gasteiger partial charge on any atom is 0.253 e. The van der Waals surface area contributed by atoms with Gasteiger partial charge >= 0.3 is 0 Å². The van der Waals surface area contributed by atoms with Gasteiger partial charge in [0.15, 0.2) is 0 Å². The molecule has 3 saturated carbocycles. The predicted octanol–water partition coefficient (Wildman–Crippen LogP) is 5.25. The van der Waals surface area contributed by atoms with Gasteiger partial charge in [-0.2, -0.15) is 0 Å². The molecule has 1 saturated heterocycles. The average molecular weight is 471 g/mol. The molecule has 0 aromatic heterocycles. The van der Waals surface area contributed by atoms with Crippen LogP contribution >= 0.6 is 0 Å². The smallest absolute Gasteiger partial charge is 0.253 e. The highest BCUT2D eigenvalue weighted by Crippen LogP contribution is 2.74. The third kappa shape index (κ3) is 2.86. The fourth-order valence-corrected chi connectivity index (χ4v) is 9.63. The molecule has 6 atom stereocenters. The molecule has 1 amide bonds. The number of nitrogens with zero attached hydrogens (tertiary/aromatic N) is 2. The maximum absolute atomic E-state index is 13.6. The Kier molecular flexibility index (Phi) is 4.75. The number of likely N-dealkylation sites (tertiary alicyclic amines) is 1. The lowest BCUT2D eigenvalue weighted by molar-refractivity contribution is -0.116. The molecule has 1 spiro atoms. The number of rotatable bonds is 4. The molecule has 35 heavy (non-hydrogen) atoms. The quantitative estimate of drug-likeness (QED) is 0.664. The summed E-state index contributed by atoms with van der Waals surface area (Å²) >= 11 is 0. The first-order valence-electron chi connectivity index (χ1n) is 13.8. The molecule has 1 aliphatic heterocycles. The molecule has 4 heteroatoms. The Hall–Kier alpha value is -2.33. The topological polar surface area (TPSA) is 43.8 Å². The summed E-state index contributed by atoms with van der Waals surface area (Å²) in [6, 6.07) is 16.8. The number of amides is 1. The SMILES string of the molecule is CC1N(CC2CC2)CC2Cc3ccc(O)cc3C23C2CCC13CCC2N(C)C(=O)c1ccccc1. The molecule has 6 unspecified atom stereocenters. The molecule has 2 aromatic rings. The van der Waals surface area contributed by atoms with Crippen molar-refractivity contribution in [1.29, 1.82) is 0 Å². The third-order valence-electron chi connectivity index (χ3n) is 11.1. The van der Waals surface area contributed by atoms with Crippen molar-refractivity contribution in [2.24, 2.45) is 23.2 Å². The minimum atomic E-state index is 0.0642. The molecule has 2 aromatic carbocycles. The minimum Gasteiger partial charge on any atom is -0.508 e. The first kappa shape index (κ1) is 21.9. The van der Waals surface area contributed by atoms with E-state index >= 15 is 0 Å². The zero-order chi connectivity index (χ0) is 23.9. The Morgan fingerprint density at radius 3 is 2.63 bits per heavy atom. The van der Waals surface area contributed by atoms with Gasteiger partial charge in [-0.15, -0.1) is 0 Å². The lowest BCUT2D eigenvalue weighted by atomic mass is 9.45. The zero-order valence-corrected chi connectivity index (χ0v) is 21.1. The van der Waals surface area contributed by atoms with Gasteiger partial charge < -0.3 is 10.0 Å². The summed E-state index contributed by atoms with van der Waals surface area (Å²) in [7, 11) is 2.04. The number of carbonyl (C=O) groups excluding carboxylic acids is 1. The van der Waals surface area contributed by atoms with E-state index in [-0.39, 0.29) is 22.8 Å². The molecule has 4 aliphatic carbocycles. The van der Waals surface area contributed by atoms with Crippen LogP contribution in [-0.2, 0) is 11.8 Å². The van der Waals surface area contributed by atoms with Gasteiger partial charge in [-0.05, 0) is 110 Å². The van der Waals surface area contributed by atoms with E-state index in [1.807, 2.05) is 43.4 Å². The van der Waals surface area contributed by atoms with Gasteiger partial charge in [0.05, 0.1) is 0 Å². The highest BCUT2D eigenvalue weighted by Gasteiger charge is 2.74. The lowest BCUT2D eigenvalue weighted by Crippen LogP contribution is -2.69. The van der Waals surface area contributed by atoms with Crippen molar-refractivity contribution in [3.05, 3.63) is 65.2 Å². The Morgan fingerprint density at radius 2 is 1.86 bits per heavy atom. The molecule has 4 fully saturated rings. The van der Waals surface area contributed by atoms with Crippen LogP contribution in [0.4, 0.5) is 0 Å². The first-order chi connectivity index (χ1) is 17.0. The Labute approximate surface area is 209 Å². The van der Waals surface area contributed by atoms with Crippen molar-refractivity contribution in [2.75, 3.05) is 20.1 Å². The predicted molar refractivity (Wildman–Crippen MR) is 137 cm³/mol. The van der Waals surface area contributed by atoms with E-state index in [4.69, 9.17) is 0 Å². The van der Waals surface area contributed by atoms with E-state index in [2.05, 4.69) is 28.9 Å². The summed E-state index contributed by atoms with van der Waals surface area (Å²) < 4.78 is 0. The molecule has 1 heterocycles. The monoisotopic (exact) mass is 470 g/mol. The third-order valence-corrected chi connectivity index (χ3v) is 11.1. The van der Waals surface area contributed by atoms with Crippen molar-refractivity contribution >= 4 is 5.91 Å². The van der Waals surface area contributed by atoms with Crippen LogP contribution in [0.2, 0.25) is 0 Å². The normalized spacial score (nSPS) is 37.4. The van der Waals surface area contributed by atoms with E-state index < -0.39 is 0 Å². The zero-order valence-electron chi connectivity index (χ0n) is 21.1. The van der Waals surface area contributed by atoms with Crippen molar-refractivity contribution in [3.8, 4) is 5.75 Å². The number of carbonyl (C=O) groups is 1. The van der Waals surface area contributed by atoms with Gasteiger partial charge in [-0.25, -0.2) is 0 Å². The summed E-state index contributed by atoms with van der Waals surface area (Å²) in [5.41, 5.74) is 3.96. The van der Waals surface area contributed by atoms with Crippen LogP contribution in [0.1, 0.15) is 66.9 Å². The highest BCUT2D eigenvalue weighted by molar-refractivity contribution is 5.94. The summed E-state index contributed by atoms with van der Waals surface area (Å²) in [4.78, 5) is 18.5. The number of phenols is 1. The van der Waals surface area contributed by atoms with Crippen LogP contribution in [0.3, 0.4) is 0 Å². The van der Waals surface area contributed by atoms with Crippen molar-refractivity contribution in [1.82, 2.24) is 9.80 Å². The molecule has 4 nitrogen and oxygen atoms in total. The van der Waals surface area contributed by atoms with Gasteiger partial charge in [-0.3, -0.25) is 9.69 Å². The Bertz CT molecular complexity index is 1160. The number of piperidine rings is 1. The summed E-state index contributed by atoms with van der Waals surface area (Å²) in [6.45, 7) is 4.94. The van der Waals surface area contributed by atoms with Crippen LogP contribution in [0.5, 0.6) is 5.75 Å². The van der Waals surface area contributed by atoms with E-state index in [1.54, 1.807) is 0 Å². The van der Waals surface area contributed by atoms with Crippen molar-refractivity contribution in [2.45, 2.75) is 69.4 Å². The molecular weight excluding hydrogens is 432 g/mol.